The van der Waals surface area contributed by atoms with E-state index in [0.29, 0.717) is 6.42 Å². The van der Waals surface area contributed by atoms with Crippen LogP contribution < -0.4 is 11.3 Å². The van der Waals surface area contributed by atoms with Crippen LogP contribution in [0.15, 0.2) is 11.7 Å². The predicted molar refractivity (Wildman–Crippen MR) is 38.1 cm³/mol. The minimum atomic E-state index is -0.191. The van der Waals surface area contributed by atoms with Crippen molar-refractivity contribution in [2.75, 3.05) is 0 Å². The van der Waals surface area contributed by atoms with Gasteiger partial charge in [0.1, 0.15) is 0 Å². The number of carbonyl (C=O) groups is 1. The minimum Gasteiger partial charge on any atom is -0.294 e. The van der Waals surface area contributed by atoms with Gasteiger partial charge in [-0.3, -0.25) is 15.2 Å². The quantitative estimate of drug-likeness (QED) is 0.351. The number of rotatable bonds is 2. The molecule has 1 rings (SSSR count). The maximum atomic E-state index is 10.6. The van der Waals surface area contributed by atoms with Crippen LogP contribution in [-0.4, -0.2) is 10.9 Å². The number of hydrogen-bond acceptors (Lipinski definition) is 4. The van der Waals surface area contributed by atoms with Gasteiger partial charge in [0.25, 0.3) is 0 Å². The van der Waals surface area contributed by atoms with E-state index in [1.807, 2.05) is 5.43 Å². The van der Waals surface area contributed by atoms with Gasteiger partial charge < -0.3 is 0 Å². The van der Waals surface area contributed by atoms with Crippen LogP contribution in [-0.2, 0) is 11.2 Å². The lowest BCUT2D eigenvalue weighted by molar-refractivity contribution is -0.120. The van der Waals surface area contributed by atoms with Gasteiger partial charge in [0, 0.05) is 11.1 Å². The number of amides is 1. The Labute approximate surface area is 62.0 Å². The zero-order valence-electron chi connectivity index (χ0n) is 5.20. The molecule has 10 heavy (non-hydrogen) atoms. The molecule has 0 aromatic carbocycles. The molecule has 0 bridgehead atoms. The molecule has 0 saturated heterocycles. The van der Waals surface area contributed by atoms with Gasteiger partial charge in [-0.2, -0.15) is 0 Å². The summed E-state index contributed by atoms with van der Waals surface area (Å²) in [7, 11) is 0. The van der Waals surface area contributed by atoms with Gasteiger partial charge in [0.2, 0.25) is 5.91 Å². The molecule has 0 aliphatic carbocycles. The van der Waals surface area contributed by atoms with Crippen LogP contribution in [0.4, 0.5) is 0 Å². The highest BCUT2D eigenvalue weighted by Gasteiger charge is 2.00. The highest BCUT2D eigenvalue weighted by molar-refractivity contribution is 7.09. The van der Waals surface area contributed by atoms with E-state index in [4.69, 9.17) is 5.84 Å². The molecule has 0 unspecified atom stereocenters. The Morgan fingerprint density at radius 2 is 2.70 bits per heavy atom. The average molecular weight is 157 g/mol. The first-order chi connectivity index (χ1) is 4.83. The van der Waals surface area contributed by atoms with Gasteiger partial charge in [-0.1, -0.05) is 0 Å². The molecule has 1 aromatic heterocycles. The molecule has 4 nitrogen and oxygen atoms in total. The Kier molecular flexibility index (Phi) is 2.35. The molecule has 54 valence electrons. The SMILES string of the molecule is NNC(=O)Cc1cncs1. The lowest BCUT2D eigenvalue weighted by Gasteiger charge is -1.93. The van der Waals surface area contributed by atoms with E-state index in [1.165, 1.54) is 11.3 Å². The van der Waals surface area contributed by atoms with Crippen molar-refractivity contribution in [3.05, 3.63) is 16.6 Å². The highest BCUT2D eigenvalue weighted by atomic mass is 32.1. The molecule has 0 aliphatic rings. The van der Waals surface area contributed by atoms with Gasteiger partial charge in [-0.15, -0.1) is 11.3 Å². The van der Waals surface area contributed by atoms with E-state index in [0.717, 1.165) is 4.88 Å². The van der Waals surface area contributed by atoms with Crippen molar-refractivity contribution < 1.29 is 4.79 Å². The number of hydrogen-bond donors (Lipinski definition) is 2. The monoisotopic (exact) mass is 157 g/mol. The largest absolute Gasteiger partial charge is 0.294 e. The molecular formula is C5H7N3OS. The molecule has 0 fully saturated rings. The van der Waals surface area contributed by atoms with Crippen LogP contribution in [0.3, 0.4) is 0 Å². The van der Waals surface area contributed by atoms with Crippen LogP contribution >= 0.6 is 11.3 Å². The minimum absolute atomic E-state index is 0.191. The second kappa shape index (κ2) is 3.28. The van der Waals surface area contributed by atoms with Crippen LogP contribution in [0.25, 0.3) is 0 Å². The third kappa shape index (κ3) is 1.78. The van der Waals surface area contributed by atoms with E-state index in [2.05, 4.69) is 4.98 Å². The maximum Gasteiger partial charge on any atom is 0.239 e. The van der Waals surface area contributed by atoms with Crippen molar-refractivity contribution in [1.82, 2.24) is 10.4 Å². The van der Waals surface area contributed by atoms with E-state index in [1.54, 1.807) is 11.7 Å². The first-order valence-corrected chi connectivity index (χ1v) is 3.57. The summed E-state index contributed by atoms with van der Waals surface area (Å²) in [4.78, 5) is 15.3. The molecule has 0 atom stereocenters. The Morgan fingerprint density at radius 1 is 1.90 bits per heavy atom. The smallest absolute Gasteiger partial charge is 0.239 e. The summed E-state index contributed by atoms with van der Waals surface area (Å²) in [5.74, 6) is 4.68. The molecule has 0 aliphatic heterocycles. The second-order valence-corrected chi connectivity index (χ2v) is 2.68. The summed E-state index contributed by atoms with van der Waals surface area (Å²) in [5, 5.41) is 0. The number of hydrazine groups is 1. The van der Waals surface area contributed by atoms with Crippen molar-refractivity contribution in [2.24, 2.45) is 5.84 Å². The van der Waals surface area contributed by atoms with Crippen LogP contribution in [0.5, 0.6) is 0 Å². The fourth-order valence-corrected chi connectivity index (χ4v) is 1.13. The Balaban J connectivity index is 2.48. The first kappa shape index (κ1) is 7.17. The molecular weight excluding hydrogens is 150 g/mol. The number of thiazole rings is 1. The van der Waals surface area contributed by atoms with E-state index in [9.17, 15) is 4.79 Å². The summed E-state index contributed by atoms with van der Waals surface area (Å²) >= 11 is 1.44. The Hall–Kier alpha value is -0.940. The molecule has 5 heteroatoms. The van der Waals surface area contributed by atoms with E-state index >= 15 is 0 Å². The van der Waals surface area contributed by atoms with Gasteiger partial charge in [-0.05, 0) is 0 Å². The number of carbonyl (C=O) groups excluding carboxylic acids is 1. The number of nitrogens with two attached hydrogens (primary N) is 1. The molecule has 3 N–H and O–H groups in total. The van der Waals surface area contributed by atoms with E-state index < -0.39 is 0 Å². The van der Waals surface area contributed by atoms with Crippen molar-refractivity contribution >= 4 is 17.2 Å². The molecule has 0 saturated carbocycles. The standard InChI is InChI=1S/C5H7N3OS/c6-8-5(9)1-4-2-7-3-10-4/h2-3H,1,6H2,(H,8,9). The molecule has 0 spiro atoms. The summed E-state index contributed by atoms with van der Waals surface area (Å²) in [6.07, 6.45) is 1.97. The zero-order valence-corrected chi connectivity index (χ0v) is 6.02. The van der Waals surface area contributed by atoms with Crippen molar-refractivity contribution in [2.45, 2.75) is 6.42 Å². The highest BCUT2D eigenvalue weighted by Crippen LogP contribution is 2.04. The second-order valence-electron chi connectivity index (χ2n) is 1.71. The van der Waals surface area contributed by atoms with E-state index in [-0.39, 0.29) is 5.91 Å². The molecule has 1 heterocycles. The topological polar surface area (TPSA) is 68.0 Å². The first-order valence-electron chi connectivity index (χ1n) is 2.69. The van der Waals surface area contributed by atoms with Crippen molar-refractivity contribution in [3.8, 4) is 0 Å². The fourth-order valence-electron chi connectivity index (χ4n) is 0.539. The molecule has 0 radical (unpaired) electrons. The third-order valence-electron chi connectivity index (χ3n) is 0.979. The Bertz CT molecular complexity index is 209. The number of nitrogens with one attached hydrogen (secondary N) is 1. The van der Waals surface area contributed by atoms with Gasteiger partial charge in [0.05, 0.1) is 11.9 Å². The predicted octanol–water partition coefficient (Wildman–Crippen LogP) is -0.325. The third-order valence-corrected chi connectivity index (χ3v) is 1.76. The van der Waals surface area contributed by atoms with Gasteiger partial charge in [0.15, 0.2) is 0 Å². The van der Waals surface area contributed by atoms with Crippen molar-refractivity contribution in [3.63, 3.8) is 0 Å². The molecule has 1 aromatic rings. The zero-order chi connectivity index (χ0) is 7.40. The summed E-state index contributed by atoms with van der Waals surface area (Å²) < 4.78 is 0. The summed E-state index contributed by atoms with van der Waals surface area (Å²) in [6.45, 7) is 0. The van der Waals surface area contributed by atoms with Crippen LogP contribution in [0.1, 0.15) is 4.88 Å². The number of aromatic nitrogens is 1. The van der Waals surface area contributed by atoms with Crippen molar-refractivity contribution in [1.29, 1.82) is 0 Å². The lowest BCUT2D eigenvalue weighted by Crippen LogP contribution is -2.31. The van der Waals surface area contributed by atoms with Gasteiger partial charge >= 0.3 is 0 Å². The average Bonchev–Trinajstić information content (AvgIpc) is 2.40. The molecule has 1 amide bonds. The lowest BCUT2D eigenvalue weighted by atomic mass is 10.4. The fraction of sp³-hybridized carbons (Fsp3) is 0.200. The van der Waals surface area contributed by atoms with Gasteiger partial charge in [-0.25, -0.2) is 5.84 Å². The van der Waals surface area contributed by atoms with Crippen LogP contribution in [0.2, 0.25) is 0 Å². The van der Waals surface area contributed by atoms with Crippen LogP contribution in [0, 0.1) is 0 Å². The summed E-state index contributed by atoms with van der Waals surface area (Å²) in [6, 6.07) is 0. The normalized spacial score (nSPS) is 9.30. The number of nitrogens with zero attached hydrogens (tertiary/aromatic N) is 1. The Morgan fingerprint density at radius 3 is 3.20 bits per heavy atom. The summed E-state index contributed by atoms with van der Waals surface area (Å²) in [5.41, 5.74) is 3.72. The maximum absolute atomic E-state index is 10.6.